The molecule has 4 heteroatoms. The number of rotatable bonds is 4. The van der Waals surface area contributed by atoms with E-state index in [1.807, 2.05) is 0 Å². The van der Waals surface area contributed by atoms with Crippen molar-refractivity contribution in [2.45, 2.75) is 19.6 Å². The molecule has 0 aliphatic heterocycles. The van der Waals surface area contributed by atoms with Crippen LogP contribution >= 0.6 is 0 Å². The van der Waals surface area contributed by atoms with Crippen LogP contribution in [0.3, 0.4) is 0 Å². The first-order valence-corrected chi connectivity index (χ1v) is 5.18. The normalized spacial score (nSPS) is 12.2. The molecule has 0 spiro atoms. The zero-order valence-electron chi connectivity index (χ0n) is 9.55. The molecule has 1 atom stereocenters. The second-order valence-corrected chi connectivity index (χ2v) is 3.89. The van der Waals surface area contributed by atoms with Crippen LogP contribution < -0.4 is 0 Å². The average molecular weight is 223 g/mol. The van der Waals surface area contributed by atoms with Gasteiger partial charge in [-0.2, -0.15) is 0 Å². The van der Waals surface area contributed by atoms with Crippen molar-refractivity contribution in [2.24, 2.45) is 0 Å². The topological polar surface area (TPSA) is 60.8 Å². The first-order valence-electron chi connectivity index (χ1n) is 5.18. The first-order chi connectivity index (χ1) is 7.54. The molecular weight excluding hydrogens is 206 g/mol. The summed E-state index contributed by atoms with van der Waals surface area (Å²) in [4.78, 5) is 13.3. The number of carbonyl (C=O) groups is 1. The van der Waals surface area contributed by atoms with Crippen molar-refractivity contribution in [1.82, 2.24) is 4.90 Å². The van der Waals surface area contributed by atoms with E-state index in [2.05, 4.69) is 0 Å². The third kappa shape index (κ3) is 3.32. The Balaban J connectivity index is 2.72. The van der Waals surface area contributed by atoms with Gasteiger partial charge in [0, 0.05) is 19.2 Å². The summed E-state index contributed by atoms with van der Waals surface area (Å²) in [6.07, 6.45) is -0.536. The van der Waals surface area contributed by atoms with E-state index >= 15 is 0 Å². The van der Waals surface area contributed by atoms with Crippen molar-refractivity contribution >= 4 is 5.91 Å². The molecule has 1 aromatic carbocycles. The van der Waals surface area contributed by atoms with Gasteiger partial charge in [-0.25, -0.2) is 0 Å². The predicted molar refractivity (Wildman–Crippen MR) is 61.0 cm³/mol. The van der Waals surface area contributed by atoms with Crippen LogP contribution in [0.25, 0.3) is 0 Å². The summed E-state index contributed by atoms with van der Waals surface area (Å²) in [7, 11) is 1.65. The summed E-state index contributed by atoms with van der Waals surface area (Å²) in [6.45, 7) is 1.91. The van der Waals surface area contributed by atoms with Crippen LogP contribution in [-0.4, -0.2) is 40.7 Å². The van der Waals surface area contributed by atoms with Gasteiger partial charge in [-0.3, -0.25) is 4.79 Å². The standard InChI is InChI=1S/C12H17NO3/c1-9(15)7-13(2)12(16)11-5-3-10(8-14)4-6-11/h3-6,9,14-15H,7-8H2,1-2H3. The summed E-state index contributed by atoms with van der Waals surface area (Å²) in [6, 6.07) is 6.77. The van der Waals surface area contributed by atoms with Crippen LogP contribution in [0.1, 0.15) is 22.8 Å². The van der Waals surface area contributed by atoms with Crippen LogP contribution in [-0.2, 0) is 6.61 Å². The van der Waals surface area contributed by atoms with Gasteiger partial charge < -0.3 is 15.1 Å². The van der Waals surface area contributed by atoms with Crippen molar-refractivity contribution in [2.75, 3.05) is 13.6 Å². The highest BCUT2D eigenvalue weighted by atomic mass is 16.3. The molecule has 1 unspecified atom stereocenters. The summed E-state index contributed by atoms with van der Waals surface area (Å²) in [5, 5.41) is 18.0. The molecule has 0 aliphatic rings. The second-order valence-electron chi connectivity index (χ2n) is 3.89. The van der Waals surface area contributed by atoms with Gasteiger partial charge >= 0.3 is 0 Å². The molecular formula is C12H17NO3. The van der Waals surface area contributed by atoms with Crippen molar-refractivity contribution in [3.8, 4) is 0 Å². The van der Waals surface area contributed by atoms with Gasteiger partial charge in [-0.1, -0.05) is 12.1 Å². The first kappa shape index (κ1) is 12.7. The van der Waals surface area contributed by atoms with E-state index in [-0.39, 0.29) is 12.5 Å². The largest absolute Gasteiger partial charge is 0.392 e. The molecule has 0 heterocycles. The summed E-state index contributed by atoms with van der Waals surface area (Å²) in [5.74, 6) is -0.134. The molecule has 0 aliphatic carbocycles. The number of hydrogen-bond donors (Lipinski definition) is 2. The second kappa shape index (κ2) is 5.63. The Hall–Kier alpha value is -1.39. The number of nitrogens with zero attached hydrogens (tertiary/aromatic N) is 1. The lowest BCUT2D eigenvalue weighted by Gasteiger charge is -2.18. The fraction of sp³-hybridized carbons (Fsp3) is 0.417. The number of aliphatic hydroxyl groups excluding tert-OH is 2. The van der Waals surface area contributed by atoms with Gasteiger partial charge in [-0.05, 0) is 24.6 Å². The van der Waals surface area contributed by atoms with E-state index in [9.17, 15) is 9.90 Å². The van der Waals surface area contributed by atoms with Crippen LogP contribution in [0.2, 0.25) is 0 Å². The Bertz CT molecular complexity index is 346. The molecule has 1 rings (SSSR count). The number of amides is 1. The van der Waals surface area contributed by atoms with E-state index in [1.165, 1.54) is 4.90 Å². The van der Waals surface area contributed by atoms with Crippen molar-refractivity contribution in [1.29, 1.82) is 0 Å². The molecule has 0 fully saturated rings. The lowest BCUT2D eigenvalue weighted by molar-refractivity contribution is 0.0703. The SMILES string of the molecule is CC(O)CN(C)C(=O)c1ccc(CO)cc1. The smallest absolute Gasteiger partial charge is 0.253 e. The molecule has 2 N–H and O–H groups in total. The van der Waals surface area contributed by atoms with E-state index in [0.29, 0.717) is 12.1 Å². The fourth-order valence-corrected chi connectivity index (χ4v) is 1.45. The molecule has 88 valence electrons. The van der Waals surface area contributed by atoms with Crippen LogP contribution in [0.5, 0.6) is 0 Å². The van der Waals surface area contributed by atoms with Crippen LogP contribution in [0, 0.1) is 0 Å². The molecule has 4 nitrogen and oxygen atoms in total. The van der Waals surface area contributed by atoms with E-state index in [4.69, 9.17) is 5.11 Å². The monoisotopic (exact) mass is 223 g/mol. The third-order valence-corrected chi connectivity index (χ3v) is 2.27. The Morgan fingerprint density at radius 1 is 1.38 bits per heavy atom. The summed E-state index contributed by atoms with van der Waals surface area (Å²) < 4.78 is 0. The molecule has 0 bridgehead atoms. The zero-order valence-corrected chi connectivity index (χ0v) is 9.55. The number of aliphatic hydroxyl groups is 2. The quantitative estimate of drug-likeness (QED) is 0.787. The van der Waals surface area contributed by atoms with Crippen molar-refractivity contribution in [3.05, 3.63) is 35.4 Å². The lowest BCUT2D eigenvalue weighted by atomic mass is 10.1. The number of likely N-dealkylation sites (N-methyl/N-ethyl adjacent to an activating group) is 1. The van der Waals surface area contributed by atoms with Gasteiger partial charge in [0.25, 0.3) is 5.91 Å². The van der Waals surface area contributed by atoms with Crippen LogP contribution in [0.15, 0.2) is 24.3 Å². The summed E-state index contributed by atoms with van der Waals surface area (Å²) in [5.41, 5.74) is 1.33. The van der Waals surface area contributed by atoms with Gasteiger partial charge in [0.2, 0.25) is 0 Å². The maximum Gasteiger partial charge on any atom is 0.253 e. The molecule has 0 saturated carbocycles. The van der Waals surface area contributed by atoms with E-state index in [1.54, 1.807) is 38.2 Å². The minimum Gasteiger partial charge on any atom is -0.392 e. The number of carbonyl (C=O) groups excluding carboxylic acids is 1. The minimum atomic E-state index is -0.536. The fourth-order valence-electron chi connectivity index (χ4n) is 1.45. The van der Waals surface area contributed by atoms with E-state index in [0.717, 1.165) is 5.56 Å². The highest BCUT2D eigenvalue weighted by Crippen LogP contribution is 2.07. The van der Waals surface area contributed by atoms with Gasteiger partial charge in [0.15, 0.2) is 0 Å². The van der Waals surface area contributed by atoms with E-state index < -0.39 is 6.10 Å². The Kier molecular flexibility index (Phi) is 4.46. The molecule has 0 aromatic heterocycles. The maximum absolute atomic E-state index is 11.8. The van der Waals surface area contributed by atoms with Gasteiger partial charge in [0.05, 0.1) is 12.7 Å². The predicted octanol–water partition coefficient (Wildman–Crippen LogP) is 0.632. The van der Waals surface area contributed by atoms with Gasteiger partial charge in [0.1, 0.15) is 0 Å². The Labute approximate surface area is 95.1 Å². The number of benzene rings is 1. The average Bonchev–Trinajstić information content (AvgIpc) is 2.27. The zero-order chi connectivity index (χ0) is 12.1. The van der Waals surface area contributed by atoms with Crippen LogP contribution in [0.4, 0.5) is 0 Å². The third-order valence-electron chi connectivity index (χ3n) is 2.27. The molecule has 1 aromatic rings. The summed E-state index contributed by atoms with van der Waals surface area (Å²) >= 11 is 0. The Morgan fingerprint density at radius 2 is 1.94 bits per heavy atom. The van der Waals surface area contributed by atoms with Crippen molar-refractivity contribution < 1.29 is 15.0 Å². The van der Waals surface area contributed by atoms with Crippen molar-refractivity contribution in [3.63, 3.8) is 0 Å². The molecule has 1 amide bonds. The molecule has 16 heavy (non-hydrogen) atoms. The number of hydrogen-bond acceptors (Lipinski definition) is 3. The highest BCUT2D eigenvalue weighted by molar-refractivity contribution is 5.94. The van der Waals surface area contributed by atoms with Gasteiger partial charge in [-0.15, -0.1) is 0 Å². The molecule has 0 saturated heterocycles. The Morgan fingerprint density at radius 3 is 2.38 bits per heavy atom. The lowest BCUT2D eigenvalue weighted by Crippen LogP contribution is -2.33. The molecule has 0 radical (unpaired) electrons. The maximum atomic E-state index is 11.8. The highest BCUT2D eigenvalue weighted by Gasteiger charge is 2.12. The minimum absolute atomic E-state index is 0.0298.